The number of hydrogen-bond donors (Lipinski definition) is 1. The lowest BCUT2D eigenvalue weighted by Crippen LogP contribution is -2.43. The van der Waals surface area contributed by atoms with E-state index in [2.05, 4.69) is 0 Å². The van der Waals surface area contributed by atoms with Crippen LogP contribution in [0, 0.1) is 5.41 Å². The minimum atomic E-state index is -0.542. The van der Waals surface area contributed by atoms with Crippen LogP contribution >= 0.6 is 0 Å². The summed E-state index contributed by atoms with van der Waals surface area (Å²) >= 11 is 0. The molecule has 1 saturated heterocycles. The molecule has 20 heavy (non-hydrogen) atoms. The highest BCUT2D eigenvalue weighted by molar-refractivity contribution is 6.03. The van der Waals surface area contributed by atoms with Crippen LogP contribution in [-0.2, 0) is 4.74 Å². The lowest BCUT2D eigenvalue weighted by molar-refractivity contribution is 0.0199. The van der Waals surface area contributed by atoms with Crippen molar-refractivity contribution in [1.82, 2.24) is 0 Å². The van der Waals surface area contributed by atoms with Gasteiger partial charge in [0, 0.05) is 25.8 Å². The van der Waals surface area contributed by atoms with Crippen LogP contribution in [0.3, 0.4) is 0 Å². The Morgan fingerprint density at radius 1 is 1.30 bits per heavy atom. The molecule has 0 amide bonds. The van der Waals surface area contributed by atoms with Gasteiger partial charge in [-0.3, -0.25) is 4.79 Å². The molecule has 1 fully saturated rings. The standard InChI is InChI=1S/C15H21NO4/c1-18-11-3-4-12(13(9-11)19-2)14(17)15(10-16)5-7-20-8-6-15/h3-4,9H,5-8,10,16H2,1-2H3. The zero-order chi connectivity index (χ0) is 14.6. The number of ether oxygens (including phenoxy) is 3. The second-order valence-electron chi connectivity index (χ2n) is 4.99. The average molecular weight is 279 g/mol. The Bertz CT molecular complexity index is 481. The first kappa shape index (κ1) is 14.8. The largest absolute Gasteiger partial charge is 0.497 e. The minimum absolute atomic E-state index is 0.0304. The quantitative estimate of drug-likeness (QED) is 0.830. The van der Waals surface area contributed by atoms with E-state index in [-0.39, 0.29) is 5.78 Å². The van der Waals surface area contributed by atoms with Crippen LogP contribution in [0.25, 0.3) is 0 Å². The number of carbonyl (C=O) groups excluding carboxylic acids is 1. The molecule has 1 aliphatic rings. The van der Waals surface area contributed by atoms with Crippen molar-refractivity contribution < 1.29 is 19.0 Å². The summed E-state index contributed by atoms with van der Waals surface area (Å²) in [7, 11) is 3.13. The van der Waals surface area contributed by atoms with Crippen LogP contribution in [0.15, 0.2) is 18.2 Å². The average Bonchev–Trinajstić information content (AvgIpc) is 2.54. The molecule has 1 aromatic carbocycles. The van der Waals surface area contributed by atoms with Crippen LogP contribution in [0.2, 0.25) is 0 Å². The third-order valence-corrected chi connectivity index (χ3v) is 3.98. The smallest absolute Gasteiger partial charge is 0.174 e. The van der Waals surface area contributed by atoms with Crippen LogP contribution in [0.5, 0.6) is 11.5 Å². The number of ketones is 1. The van der Waals surface area contributed by atoms with Crippen LogP contribution in [0.1, 0.15) is 23.2 Å². The van der Waals surface area contributed by atoms with Gasteiger partial charge in [0.05, 0.1) is 25.2 Å². The lowest BCUT2D eigenvalue weighted by Gasteiger charge is -2.34. The van der Waals surface area contributed by atoms with E-state index in [0.29, 0.717) is 49.7 Å². The van der Waals surface area contributed by atoms with Gasteiger partial charge in [-0.1, -0.05) is 0 Å². The second-order valence-corrected chi connectivity index (χ2v) is 4.99. The topological polar surface area (TPSA) is 70.8 Å². The SMILES string of the molecule is COc1ccc(C(=O)C2(CN)CCOCC2)c(OC)c1. The maximum atomic E-state index is 12.9. The summed E-state index contributed by atoms with van der Waals surface area (Å²) in [6.07, 6.45) is 1.30. The van der Waals surface area contributed by atoms with Crippen molar-refractivity contribution in [3.8, 4) is 11.5 Å². The number of methoxy groups -OCH3 is 2. The molecule has 0 bridgehead atoms. The van der Waals surface area contributed by atoms with Crippen molar-refractivity contribution in [2.75, 3.05) is 34.0 Å². The number of nitrogens with two attached hydrogens (primary N) is 1. The van der Waals surface area contributed by atoms with Crippen molar-refractivity contribution in [1.29, 1.82) is 0 Å². The number of carbonyl (C=O) groups is 1. The summed E-state index contributed by atoms with van der Waals surface area (Å²) in [5, 5.41) is 0. The number of hydrogen-bond acceptors (Lipinski definition) is 5. The summed E-state index contributed by atoms with van der Waals surface area (Å²) in [5.41, 5.74) is 5.90. The van der Waals surface area contributed by atoms with Crippen LogP contribution < -0.4 is 15.2 Å². The van der Waals surface area contributed by atoms with Gasteiger partial charge in [0.1, 0.15) is 11.5 Å². The van der Waals surface area contributed by atoms with Crippen molar-refractivity contribution >= 4 is 5.78 Å². The van der Waals surface area contributed by atoms with Crippen LogP contribution in [0.4, 0.5) is 0 Å². The highest BCUT2D eigenvalue weighted by atomic mass is 16.5. The molecule has 0 aliphatic carbocycles. The fourth-order valence-electron chi connectivity index (χ4n) is 2.56. The van der Waals surface area contributed by atoms with E-state index in [1.807, 2.05) is 0 Å². The Hall–Kier alpha value is -1.59. The zero-order valence-corrected chi connectivity index (χ0v) is 12.0. The van der Waals surface area contributed by atoms with Crippen molar-refractivity contribution in [3.63, 3.8) is 0 Å². The van der Waals surface area contributed by atoms with Gasteiger partial charge in [0.2, 0.25) is 0 Å². The molecular formula is C15H21NO4. The number of benzene rings is 1. The number of Topliss-reactive ketones (excluding diaryl/α,β-unsaturated/α-hetero) is 1. The van der Waals surface area contributed by atoms with E-state index in [9.17, 15) is 4.79 Å². The van der Waals surface area contributed by atoms with Crippen molar-refractivity contribution in [2.24, 2.45) is 11.1 Å². The van der Waals surface area contributed by atoms with Crippen molar-refractivity contribution in [2.45, 2.75) is 12.8 Å². The van der Waals surface area contributed by atoms with Crippen LogP contribution in [-0.4, -0.2) is 39.8 Å². The maximum Gasteiger partial charge on any atom is 0.174 e. The molecule has 0 spiro atoms. The molecule has 2 N–H and O–H groups in total. The highest BCUT2D eigenvalue weighted by Crippen LogP contribution is 2.37. The number of rotatable bonds is 5. The molecule has 0 unspecified atom stereocenters. The first-order valence-corrected chi connectivity index (χ1v) is 6.71. The molecule has 0 radical (unpaired) electrons. The molecule has 0 atom stereocenters. The van der Waals surface area contributed by atoms with E-state index in [0.717, 1.165) is 0 Å². The van der Waals surface area contributed by atoms with Gasteiger partial charge in [0.15, 0.2) is 5.78 Å². The summed E-state index contributed by atoms with van der Waals surface area (Å²) < 4.78 is 15.8. The molecule has 2 rings (SSSR count). The van der Waals surface area contributed by atoms with E-state index in [1.165, 1.54) is 0 Å². The van der Waals surface area contributed by atoms with Gasteiger partial charge < -0.3 is 19.9 Å². The summed E-state index contributed by atoms with van der Waals surface area (Å²) in [6, 6.07) is 5.23. The Morgan fingerprint density at radius 3 is 2.55 bits per heavy atom. The predicted octanol–water partition coefficient (Wildman–Crippen LogP) is 1.64. The van der Waals surface area contributed by atoms with Gasteiger partial charge in [-0.25, -0.2) is 0 Å². The molecule has 0 aromatic heterocycles. The molecule has 0 saturated carbocycles. The minimum Gasteiger partial charge on any atom is -0.497 e. The van der Waals surface area contributed by atoms with Gasteiger partial charge in [-0.2, -0.15) is 0 Å². The first-order valence-electron chi connectivity index (χ1n) is 6.71. The van der Waals surface area contributed by atoms with Gasteiger partial charge in [0.25, 0.3) is 0 Å². The fraction of sp³-hybridized carbons (Fsp3) is 0.533. The van der Waals surface area contributed by atoms with Gasteiger partial charge in [-0.05, 0) is 25.0 Å². The third-order valence-electron chi connectivity index (χ3n) is 3.98. The zero-order valence-electron chi connectivity index (χ0n) is 12.0. The second kappa shape index (κ2) is 6.24. The fourth-order valence-corrected chi connectivity index (χ4v) is 2.56. The normalized spacial score (nSPS) is 17.6. The predicted molar refractivity (Wildman–Crippen MR) is 75.4 cm³/mol. The monoisotopic (exact) mass is 279 g/mol. The highest BCUT2D eigenvalue weighted by Gasteiger charge is 2.40. The summed E-state index contributed by atoms with van der Waals surface area (Å²) in [6.45, 7) is 1.47. The Kier molecular flexibility index (Phi) is 4.62. The third kappa shape index (κ3) is 2.64. The molecule has 1 aliphatic heterocycles. The van der Waals surface area contributed by atoms with Gasteiger partial charge in [-0.15, -0.1) is 0 Å². The first-order chi connectivity index (χ1) is 9.66. The van der Waals surface area contributed by atoms with E-state index < -0.39 is 5.41 Å². The Labute approximate surface area is 119 Å². The van der Waals surface area contributed by atoms with Gasteiger partial charge >= 0.3 is 0 Å². The molecule has 1 aromatic rings. The van der Waals surface area contributed by atoms with E-state index in [4.69, 9.17) is 19.9 Å². The maximum absolute atomic E-state index is 12.9. The lowest BCUT2D eigenvalue weighted by atomic mass is 9.74. The molecule has 110 valence electrons. The molecule has 5 heteroatoms. The molecule has 5 nitrogen and oxygen atoms in total. The van der Waals surface area contributed by atoms with E-state index in [1.54, 1.807) is 32.4 Å². The summed E-state index contributed by atoms with van der Waals surface area (Å²) in [5.74, 6) is 1.21. The summed E-state index contributed by atoms with van der Waals surface area (Å²) in [4.78, 5) is 12.9. The molecular weight excluding hydrogens is 258 g/mol. The van der Waals surface area contributed by atoms with E-state index >= 15 is 0 Å². The Morgan fingerprint density at radius 2 is 2.00 bits per heavy atom. The molecule has 1 heterocycles. The van der Waals surface area contributed by atoms with Crippen molar-refractivity contribution in [3.05, 3.63) is 23.8 Å². The Balaban J connectivity index is 2.36.